The van der Waals surface area contributed by atoms with Gasteiger partial charge in [0.1, 0.15) is 0 Å². The zero-order valence-electron chi connectivity index (χ0n) is 11.2. The minimum absolute atomic E-state index is 0.266. The third-order valence-corrected chi connectivity index (χ3v) is 3.48. The summed E-state index contributed by atoms with van der Waals surface area (Å²) in [5.41, 5.74) is 2.36. The van der Waals surface area contributed by atoms with Gasteiger partial charge in [-0.05, 0) is 38.1 Å². The van der Waals surface area contributed by atoms with Crippen molar-refractivity contribution < 1.29 is 5.11 Å². The van der Waals surface area contributed by atoms with Crippen LogP contribution in [0.15, 0.2) is 18.3 Å². The smallest absolute Gasteiger partial charge is 0.0558 e. The molecule has 0 atom stereocenters. The Morgan fingerprint density at radius 1 is 1.17 bits per heavy atom. The maximum absolute atomic E-state index is 8.97. The minimum Gasteiger partial charge on any atom is -0.395 e. The molecule has 1 fully saturated rings. The molecular formula is C14H23N3O. The monoisotopic (exact) mass is 249 g/mol. The van der Waals surface area contributed by atoms with Gasteiger partial charge in [0.15, 0.2) is 0 Å². The van der Waals surface area contributed by atoms with Gasteiger partial charge in [0.05, 0.1) is 6.61 Å². The second-order valence-corrected chi connectivity index (χ2v) is 5.00. The highest BCUT2D eigenvalue weighted by Gasteiger charge is 2.14. The van der Waals surface area contributed by atoms with Crippen LogP contribution >= 0.6 is 0 Å². The molecule has 0 unspecified atom stereocenters. The normalized spacial score (nSPS) is 18.8. The lowest BCUT2D eigenvalue weighted by Gasteiger charge is -2.21. The Morgan fingerprint density at radius 3 is 2.67 bits per heavy atom. The maximum Gasteiger partial charge on any atom is 0.0558 e. The van der Waals surface area contributed by atoms with E-state index in [2.05, 4.69) is 26.9 Å². The molecule has 1 aromatic heterocycles. The van der Waals surface area contributed by atoms with Crippen LogP contribution in [0, 0.1) is 6.92 Å². The summed E-state index contributed by atoms with van der Waals surface area (Å²) in [5, 5.41) is 8.97. The maximum atomic E-state index is 8.97. The number of nitrogens with zero attached hydrogens (tertiary/aromatic N) is 3. The summed E-state index contributed by atoms with van der Waals surface area (Å²) in [6.07, 6.45) is 3.16. The topological polar surface area (TPSA) is 39.6 Å². The molecular weight excluding hydrogens is 226 g/mol. The molecule has 0 amide bonds. The molecule has 100 valence electrons. The second kappa shape index (κ2) is 6.83. The van der Waals surface area contributed by atoms with Crippen LogP contribution in [0.4, 0.5) is 0 Å². The van der Waals surface area contributed by atoms with E-state index in [9.17, 15) is 0 Å². The van der Waals surface area contributed by atoms with Gasteiger partial charge in [-0.15, -0.1) is 0 Å². The van der Waals surface area contributed by atoms with Crippen molar-refractivity contribution in [2.45, 2.75) is 19.9 Å². The molecule has 18 heavy (non-hydrogen) atoms. The van der Waals surface area contributed by atoms with E-state index in [1.165, 1.54) is 12.0 Å². The second-order valence-electron chi connectivity index (χ2n) is 5.00. The van der Waals surface area contributed by atoms with Crippen molar-refractivity contribution in [2.75, 3.05) is 39.3 Å². The molecule has 2 heterocycles. The van der Waals surface area contributed by atoms with Crippen LogP contribution in [0.3, 0.4) is 0 Å². The standard InChI is InChI=1S/C14H23N3O/c1-13-3-4-14(11-15-13)12-17-6-2-5-16(7-8-17)9-10-18/h3-4,11,18H,2,5-10,12H2,1H3. The molecule has 0 radical (unpaired) electrons. The number of aliphatic hydroxyl groups excluding tert-OH is 1. The van der Waals surface area contributed by atoms with E-state index in [1.54, 1.807) is 0 Å². The highest BCUT2D eigenvalue weighted by molar-refractivity contribution is 5.12. The number of hydrogen-bond acceptors (Lipinski definition) is 4. The summed E-state index contributed by atoms with van der Waals surface area (Å²) in [6.45, 7) is 8.44. The van der Waals surface area contributed by atoms with Crippen LogP contribution in [-0.2, 0) is 6.54 Å². The van der Waals surface area contributed by atoms with Gasteiger partial charge in [-0.2, -0.15) is 0 Å². The van der Waals surface area contributed by atoms with E-state index in [0.717, 1.165) is 45.0 Å². The van der Waals surface area contributed by atoms with Gasteiger partial charge in [-0.25, -0.2) is 0 Å². The molecule has 1 N–H and O–H groups in total. The fraction of sp³-hybridized carbons (Fsp3) is 0.643. The van der Waals surface area contributed by atoms with Crippen LogP contribution in [0.2, 0.25) is 0 Å². The van der Waals surface area contributed by atoms with Gasteiger partial charge in [0.2, 0.25) is 0 Å². The lowest BCUT2D eigenvalue weighted by Crippen LogP contribution is -2.32. The first kappa shape index (κ1) is 13.5. The molecule has 0 aliphatic carbocycles. The average molecular weight is 249 g/mol. The van der Waals surface area contributed by atoms with Crippen molar-refractivity contribution in [3.63, 3.8) is 0 Å². The first-order valence-corrected chi connectivity index (χ1v) is 6.75. The van der Waals surface area contributed by atoms with Gasteiger partial charge >= 0.3 is 0 Å². The average Bonchev–Trinajstić information content (AvgIpc) is 2.59. The third kappa shape index (κ3) is 4.05. The summed E-state index contributed by atoms with van der Waals surface area (Å²) in [7, 11) is 0. The van der Waals surface area contributed by atoms with Crippen LogP contribution in [0.1, 0.15) is 17.7 Å². The fourth-order valence-corrected chi connectivity index (χ4v) is 2.40. The highest BCUT2D eigenvalue weighted by Crippen LogP contribution is 2.08. The van der Waals surface area contributed by atoms with Crippen LogP contribution in [-0.4, -0.2) is 59.2 Å². The van der Waals surface area contributed by atoms with Crippen molar-refractivity contribution in [1.82, 2.24) is 14.8 Å². The van der Waals surface area contributed by atoms with Gasteiger partial charge in [-0.3, -0.25) is 14.8 Å². The molecule has 1 saturated heterocycles. The van der Waals surface area contributed by atoms with Gasteiger partial charge in [0, 0.05) is 38.1 Å². The SMILES string of the molecule is Cc1ccc(CN2CCCN(CCO)CC2)cn1. The van der Waals surface area contributed by atoms with Crippen molar-refractivity contribution in [1.29, 1.82) is 0 Å². The Hall–Kier alpha value is -0.970. The first-order valence-electron chi connectivity index (χ1n) is 6.75. The number of aryl methyl sites for hydroxylation is 1. The molecule has 4 nitrogen and oxygen atoms in total. The molecule has 0 spiro atoms. The number of hydrogen-bond donors (Lipinski definition) is 1. The molecule has 4 heteroatoms. The van der Waals surface area contributed by atoms with E-state index >= 15 is 0 Å². The molecule has 1 aromatic rings. The molecule has 2 rings (SSSR count). The Labute approximate surface area is 109 Å². The van der Waals surface area contributed by atoms with Crippen molar-refractivity contribution >= 4 is 0 Å². The summed E-state index contributed by atoms with van der Waals surface area (Å²) >= 11 is 0. The Balaban J connectivity index is 1.84. The van der Waals surface area contributed by atoms with Gasteiger partial charge in [0.25, 0.3) is 0 Å². The molecule has 0 aromatic carbocycles. The Kier molecular flexibility index (Phi) is 5.11. The predicted octanol–water partition coefficient (Wildman–Crippen LogP) is 0.890. The number of rotatable bonds is 4. The minimum atomic E-state index is 0.266. The Bertz CT molecular complexity index is 353. The zero-order valence-corrected chi connectivity index (χ0v) is 11.2. The lowest BCUT2D eigenvalue weighted by molar-refractivity contribution is 0.196. The molecule has 1 aliphatic heterocycles. The summed E-state index contributed by atoms with van der Waals surface area (Å²) in [4.78, 5) is 9.16. The van der Waals surface area contributed by atoms with Gasteiger partial charge in [-0.1, -0.05) is 6.07 Å². The van der Waals surface area contributed by atoms with Crippen molar-refractivity contribution in [3.8, 4) is 0 Å². The fourth-order valence-electron chi connectivity index (χ4n) is 2.40. The number of aromatic nitrogens is 1. The van der Waals surface area contributed by atoms with E-state index in [4.69, 9.17) is 5.11 Å². The van der Waals surface area contributed by atoms with Crippen LogP contribution in [0.5, 0.6) is 0 Å². The van der Waals surface area contributed by atoms with Crippen molar-refractivity contribution in [2.24, 2.45) is 0 Å². The number of aliphatic hydroxyl groups is 1. The van der Waals surface area contributed by atoms with E-state index < -0.39 is 0 Å². The van der Waals surface area contributed by atoms with Gasteiger partial charge < -0.3 is 5.11 Å². The predicted molar refractivity (Wildman–Crippen MR) is 72.4 cm³/mol. The highest BCUT2D eigenvalue weighted by atomic mass is 16.3. The number of β-amino-alcohol motifs (C(OH)–C–C–N with tert-alkyl or cyclic N) is 1. The first-order chi connectivity index (χ1) is 8.78. The molecule has 1 aliphatic rings. The summed E-state index contributed by atoms with van der Waals surface area (Å²) < 4.78 is 0. The van der Waals surface area contributed by atoms with E-state index in [1.807, 2.05) is 13.1 Å². The molecule has 0 bridgehead atoms. The summed E-state index contributed by atoms with van der Waals surface area (Å²) in [6, 6.07) is 4.24. The van der Waals surface area contributed by atoms with Crippen LogP contribution in [0.25, 0.3) is 0 Å². The Morgan fingerprint density at radius 2 is 1.94 bits per heavy atom. The lowest BCUT2D eigenvalue weighted by atomic mass is 10.2. The van der Waals surface area contributed by atoms with Crippen molar-refractivity contribution in [3.05, 3.63) is 29.6 Å². The molecule has 0 saturated carbocycles. The quantitative estimate of drug-likeness (QED) is 0.860. The number of pyridine rings is 1. The van der Waals surface area contributed by atoms with E-state index in [-0.39, 0.29) is 6.61 Å². The summed E-state index contributed by atoms with van der Waals surface area (Å²) in [5.74, 6) is 0. The van der Waals surface area contributed by atoms with E-state index in [0.29, 0.717) is 0 Å². The largest absolute Gasteiger partial charge is 0.395 e. The zero-order chi connectivity index (χ0) is 12.8. The van der Waals surface area contributed by atoms with Crippen LogP contribution < -0.4 is 0 Å². The third-order valence-electron chi connectivity index (χ3n) is 3.48.